The molecule has 1 aliphatic heterocycles. The van der Waals surface area contributed by atoms with Gasteiger partial charge in [0.25, 0.3) is 0 Å². The number of aliphatic carboxylic acids is 1. The van der Waals surface area contributed by atoms with Crippen LogP contribution in [0.4, 0.5) is 4.79 Å². The van der Waals surface area contributed by atoms with Gasteiger partial charge >= 0.3 is 18.0 Å². The summed E-state index contributed by atoms with van der Waals surface area (Å²) in [5.74, 6) is -1.81. The van der Waals surface area contributed by atoms with Gasteiger partial charge in [0.2, 0.25) is 5.91 Å². The smallest absolute Gasteiger partial charge is 0.407 e. The van der Waals surface area contributed by atoms with E-state index in [4.69, 9.17) is 9.47 Å². The maximum Gasteiger partial charge on any atom is 0.407 e. The molecule has 3 N–H and O–H groups in total. The molecule has 0 aromatic heterocycles. The summed E-state index contributed by atoms with van der Waals surface area (Å²) in [6, 6.07) is 7.18. The molecule has 1 heterocycles. The third kappa shape index (κ3) is 10.4. The average molecular weight is 520 g/mol. The van der Waals surface area contributed by atoms with Gasteiger partial charge in [0.15, 0.2) is 0 Å². The largest absolute Gasteiger partial charge is 0.480 e. The first-order valence-corrected chi connectivity index (χ1v) is 12.9. The van der Waals surface area contributed by atoms with Crippen molar-refractivity contribution < 1.29 is 33.8 Å². The molecule has 10 nitrogen and oxygen atoms in total. The summed E-state index contributed by atoms with van der Waals surface area (Å²) in [6.07, 6.45) is 3.02. The molecule has 0 bridgehead atoms. The zero-order valence-electron chi connectivity index (χ0n) is 22.3. The van der Waals surface area contributed by atoms with Crippen molar-refractivity contribution in [3.8, 4) is 0 Å². The lowest BCUT2D eigenvalue weighted by atomic mass is 10.0. The molecule has 0 aliphatic carbocycles. The highest BCUT2D eigenvalue weighted by atomic mass is 16.6. The number of benzene rings is 1. The number of methoxy groups -OCH3 is 1. The highest BCUT2D eigenvalue weighted by Gasteiger charge is 2.38. The highest BCUT2D eigenvalue weighted by Crippen LogP contribution is 2.21. The summed E-state index contributed by atoms with van der Waals surface area (Å²) in [6.45, 7) is 6.13. The van der Waals surface area contributed by atoms with Crippen molar-refractivity contribution in [2.75, 3.05) is 20.2 Å². The number of carbonyl (C=O) groups excluding carboxylic acids is 3. The van der Waals surface area contributed by atoms with E-state index in [0.29, 0.717) is 58.0 Å². The van der Waals surface area contributed by atoms with E-state index in [1.807, 2.05) is 30.3 Å². The number of carbonyl (C=O) groups is 4. The molecule has 2 rings (SSSR count). The number of hydrogen-bond acceptors (Lipinski definition) is 7. The maximum absolute atomic E-state index is 13.5. The zero-order valence-corrected chi connectivity index (χ0v) is 22.3. The Kier molecular flexibility index (Phi) is 11.8. The van der Waals surface area contributed by atoms with Crippen LogP contribution in [-0.2, 0) is 30.3 Å². The molecule has 0 spiro atoms. The number of rotatable bonds is 13. The predicted molar refractivity (Wildman–Crippen MR) is 138 cm³/mol. The highest BCUT2D eigenvalue weighted by molar-refractivity contribution is 5.88. The molecule has 0 unspecified atom stereocenters. The number of nitrogens with one attached hydrogen (secondary N) is 2. The second-order valence-electron chi connectivity index (χ2n) is 10.3. The number of ether oxygens (including phenoxy) is 2. The summed E-state index contributed by atoms with van der Waals surface area (Å²) in [4.78, 5) is 51.2. The van der Waals surface area contributed by atoms with Gasteiger partial charge in [0.1, 0.15) is 17.7 Å². The van der Waals surface area contributed by atoms with Gasteiger partial charge in [-0.2, -0.15) is 0 Å². The van der Waals surface area contributed by atoms with E-state index in [-0.39, 0.29) is 5.91 Å². The maximum atomic E-state index is 13.5. The predicted octanol–water partition coefficient (Wildman–Crippen LogP) is 2.89. The van der Waals surface area contributed by atoms with Gasteiger partial charge in [-0.3, -0.25) is 14.9 Å². The van der Waals surface area contributed by atoms with Crippen LogP contribution in [0.1, 0.15) is 64.9 Å². The molecule has 1 aliphatic rings. The molecule has 1 aromatic carbocycles. The standard InChI is InChI=1S/C27H41N3O7/c1-27(2,3)37-26(35)28-17-9-8-13-20(23(31)30-18-10-14-22(30)25(34)36-4)29-21(24(32)33)16-15-19-11-6-5-7-12-19/h5-7,11-12,20-22,29H,8-10,13-18H2,1-4H3,(H,28,35)(H,32,33)/t20-,21-,22-/m0/s1. The van der Waals surface area contributed by atoms with E-state index in [0.717, 1.165) is 5.56 Å². The molecule has 10 heteroatoms. The van der Waals surface area contributed by atoms with Crippen molar-refractivity contribution in [2.24, 2.45) is 0 Å². The Morgan fingerprint density at radius 3 is 2.41 bits per heavy atom. The van der Waals surface area contributed by atoms with Gasteiger partial charge in [-0.25, -0.2) is 9.59 Å². The van der Waals surface area contributed by atoms with Crippen LogP contribution in [0.5, 0.6) is 0 Å². The van der Waals surface area contributed by atoms with E-state index in [2.05, 4.69) is 10.6 Å². The molecule has 37 heavy (non-hydrogen) atoms. The minimum absolute atomic E-state index is 0.307. The van der Waals surface area contributed by atoms with Crippen molar-refractivity contribution in [1.82, 2.24) is 15.5 Å². The lowest BCUT2D eigenvalue weighted by Crippen LogP contribution is -2.54. The van der Waals surface area contributed by atoms with Gasteiger partial charge in [0, 0.05) is 13.1 Å². The fourth-order valence-corrected chi connectivity index (χ4v) is 4.34. The first-order chi connectivity index (χ1) is 17.5. The lowest BCUT2D eigenvalue weighted by molar-refractivity contribution is -0.152. The molecule has 3 atom stereocenters. The molecular weight excluding hydrogens is 478 g/mol. The van der Waals surface area contributed by atoms with Crippen LogP contribution >= 0.6 is 0 Å². The van der Waals surface area contributed by atoms with Crippen LogP contribution in [-0.4, -0.2) is 77.9 Å². The molecule has 1 aromatic rings. The van der Waals surface area contributed by atoms with E-state index >= 15 is 0 Å². The quantitative estimate of drug-likeness (QED) is 0.268. The monoisotopic (exact) mass is 519 g/mol. The second kappa shape index (κ2) is 14.6. The molecular formula is C27H41N3O7. The normalized spacial score (nSPS) is 17.1. The number of likely N-dealkylation sites (tertiary alicyclic amines) is 1. The third-order valence-electron chi connectivity index (χ3n) is 6.16. The Morgan fingerprint density at radius 2 is 1.78 bits per heavy atom. The van der Waals surface area contributed by atoms with Crippen LogP contribution in [0.2, 0.25) is 0 Å². The van der Waals surface area contributed by atoms with E-state index in [1.54, 1.807) is 20.8 Å². The number of aryl methyl sites for hydroxylation is 1. The van der Waals surface area contributed by atoms with Crippen molar-refractivity contribution >= 4 is 23.9 Å². The van der Waals surface area contributed by atoms with E-state index in [9.17, 15) is 24.3 Å². The van der Waals surface area contributed by atoms with Gasteiger partial charge in [0.05, 0.1) is 13.2 Å². The van der Waals surface area contributed by atoms with Crippen LogP contribution in [0, 0.1) is 0 Å². The van der Waals surface area contributed by atoms with Crippen molar-refractivity contribution in [3.05, 3.63) is 35.9 Å². The van der Waals surface area contributed by atoms with Crippen LogP contribution in [0.15, 0.2) is 30.3 Å². The number of carboxylic acid groups (broad SMARTS) is 1. The zero-order chi connectivity index (χ0) is 27.4. The number of nitrogens with zero attached hydrogens (tertiary/aromatic N) is 1. The fraction of sp³-hybridized carbons (Fsp3) is 0.630. The number of alkyl carbamates (subject to hydrolysis) is 1. The molecule has 2 amide bonds. The minimum Gasteiger partial charge on any atom is -0.480 e. The topological polar surface area (TPSA) is 134 Å². The Morgan fingerprint density at radius 1 is 1.08 bits per heavy atom. The van der Waals surface area contributed by atoms with Gasteiger partial charge in [-0.05, 0) is 71.3 Å². The molecule has 0 saturated carbocycles. The molecule has 206 valence electrons. The number of esters is 1. The van der Waals surface area contributed by atoms with Crippen molar-refractivity contribution in [2.45, 2.75) is 89.4 Å². The molecule has 0 radical (unpaired) electrons. The van der Waals surface area contributed by atoms with Crippen LogP contribution in [0.25, 0.3) is 0 Å². The summed E-state index contributed by atoms with van der Waals surface area (Å²) in [5.41, 5.74) is 0.417. The lowest BCUT2D eigenvalue weighted by Gasteiger charge is -2.30. The number of hydrogen-bond donors (Lipinski definition) is 3. The number of carboxylic acids is 1. The summed E-state index contributed by atoms with van der Waals surface area (Å²) < 4.78 is 10.1. The summed E-state index contributed by atoms with van der Waals surface area (Å²) in [7, 11) is 1.29. The summed E-state index contributed by atoms with van der Waals surface area (Å²) >= 11 is 0. The van der Waals surface area contributed by atoms with E-state index in [1.165, 1.54) is 12.0 Å². The summed E-state index contributed by atoms with van der Waals surface area (Å²) in [5, 5.41) is 15.6. The average Bonchev–Trinajstić information content (AvgIpc) is 3.33. The van der Waals surface area contributed by atoms with Gasteiger partial charge in [-0.1, -0.05) is 30.3 Å². The Balaban J connectivity index is 2.04. The Hall–Kier alpha value is -3.14. The molecule has 1 saturated heterocycles. The SMILES string of the molecule is COC(=O)[C@@H]1CCCN1C(=O)[C@H](CCCCNC(=O)OC(C)(C)C)N[C@@H](CCc1ccccc1)C(=O)O. The third-order valence-corrected chi connectivity index (χ3v) is 6.16. The first-order valence-electron chi connectivity index (χ1n) is 12.9. The van der Waals surface area contributed by atoms with Crippen LogP contribution in [0.3, 0.4) is 0 Å². The van der Waals surface area contributed by atoms with Gasteiger partial charge in [-0.15, -0.1) is 0 Å². The number of unbranched alkanes of at least 4 members (excludes halogenated alkanes) is 1. The van der Waals surface area contributed by atoms with Crippen LogP contribution < -0.4 is 10.6 Å². The number of amides is 2. The minimum atomic E-state index is -1.04. The van der Waals surface area contributed by atoms with Gasteiger partial charge < -0.3 is 24.8 Å². The second-order valence-corrected chi connectivity index (χ2v) is 10.3. The van der Waals surface area contributed by atoms with Crippen molar-refractivity contribution in [1.29, 1.82) is 0 Å². The first kappa shape index (κ1) is 30.1. The Labute approximate surface area is 219 Å². The van der Waals surface area contributed by atoms with E-state index < -0.39 is 41.8 Å². The molecule has 1 fully saturated rings. The Bertz CT molecular complexity index is 901. The fourth-order valence-electron chi connectivity index (χ4n) is 4.34. The van der Waals surface area contributed by atoms with Crippen molar-refractivity contribution in [3.63, 3.8) is 0 Å².